The van der Waals surface area contributed by atoms with Crippen molar-refractivity contribution in [2.24, 2.45) is 11.3 Å². The molecule has 0 amide bonds. The summed E-state index contributed by atoms with van der Waals surface area (Å²) in [5.41, 5.74) is 0.472. The summed E-state index contributed by atoms with van der Waals surface area (Å²) in [5, 5.41) is 1.01. The molecule has 0 aromatic heterocycles. The van der Waals surface area contributed by atoms with E-state index in [1.54, 1.807) is 0 Å². The van der Waals surface area contributed by atoms with Crippen LogP contribution < -0.4 is 0 Å². The lowest BCUT2D eigenvalue weighted by Gasteiger charge is -2.46. The fourth-order valence-electron chi connectivity index (χ4n) is 4.68. The van der Waals surface area contributed by atoms with E-state index in [0.717, 1.165) is 23.9 Å². The smallest absolute Gasteiger partial charge is 0.0295 e. The van der Waals surface area contributed by atoms with Gasteiger partial charge in [-0.1, -0.05) is 0 Å². The standard InChI is InChI=1S/C18H34FN3/c1-16(2)21-9-3-17(4-10-21)15-20-11-5-18(6-12-20)7-13-22(19)14-8-18/h16-17H,3-15H2,1-2H3. The van der Waals surface area contributed by atoms with Gasteiger partial charge in [0.25, 0.3) is 0 Å². The number of piperidine rings is 3. The van der Waals surface area contributed by atoms with Crippen LogP contribution in [0.25, 0.3) is 0 Å². The Morgan fingerprint density at radius 3 is 2.00 bits per heavy atom. The van der Waals surface area contributed by atoms with E-state index in [-0.39, 0.29) is 0 Å². The number of rotatable bonds is 3. The molecule has 4 heteroatoms. The van der Waals surface area contributed by atoms with E-state index in [2.05, 4.69) is 23.6 Å². The van der Waals surface area contributed by atoms with E-state index in [1.807, 2.05) is 0 Å². The van der Waals surface area contributed by atoms with E-state index in [9.17, 15) is 4.48 Å². The highest BCUT2D eigenvalue weighted by atomic mass is 19.2. The Labute approximate surface area is 135 Å². The summed E-state index contributed by atoms with van der Waals surface area (Å²) in [4.78, 5) is 5.31. The zero-order valence-electron chi connectivity index (χ0n) is 14.6. The first-order chi connectivity index (χ1) is 10.6. The molecule has 0 bridgehead atoms. The number of likely N-dealkylation sites (tertiary alicyclic amines) is 2. The molecule has 3 aliphatic heterocycles. The van der Waals surface area contributed by atoms with Gasteiger partial charge in [-0.25, -0.2) is 0 Å². The van der Waals surface area contributed by atoms with Gasteiger partial charge in [-0.3, -0.25) is 0 Å². The Morgan fingerprint density at radius 2 is 1.45 bits per heavy atom. The molecule has 0 atom stereocenters. The molecule has 0 aromatic carbocycles. The van der Waals surface area contributed by atoms with Gasteiger partial charge in [0.05, 0.1) is 0 Å². The van der Waals surface area contributed by atoms with Gasteiger partial charge in [-0.2, -0.15) is 0 Å². The van der Waals surface area contributed by atoms with E-state index in [4.69, 9.17) is 0 Å². The average molecular weight is 311 g/mol. The minimum Gasteiger partial charge on any atom is -0.303 e. The van der Waals surface area contributed by atoms with Crippen LogP contribution in [0.2, 0.25) is 0 Å². The monoisotopic (exact) mass is 311 g/mol. The second kappa shape index (κ2) is 7.14. The largest absolute Gasteiger partial charge is 0.303 e. The minimum absolute atomic E-state index is 0.472. The van der Waals surface area contributed by atoms with Crippen LogP contribution in [0, 0.1) is 11.3 Å². The molecule has 0 aromatic rings. The Hall–Kier alpha value is -0.190. The van der Waals surface area contributed by atoms with Crippen LogP contribution in [0.3, 0.4) is 0 Å². The summed E-state index contributed by atoms with van der Waals surface area (Å²) in [6, 6.07) is 0.706. The molecule has 3 fully saturated rings. The lowest BCUT2D eigenvalue weighted by molar-refractivity contribution is -0.0553. The molecule has 1 spiro atoms. The second-order valence-electron chi connectivity index (χ2n) is 8.28. The highest BCUT2D eigenvalue weighted by Gasteiger charge is 2.38. The Kier molecular flexibility index (Phi) is 5.41. The van der Waals surface area contributed by atoms with E-state index in [0.29, 0.717) is 24.5 Å². The average Bonchev–Trinajstić information content (AvgIpc) is 2.53. The van der Waals surface area contributed by atoms with Crippen molar-refractivity contribution in [3.63, 3.8) is 0 Å². The third-order valence-electron chi connectivity index (χ3n) is 6.58. The molecule has 3 saturated heterocycles. The van der Waals surface area contributed by atoms with Crippen molar-refractivity contribution in [1.29, 1.82) is 0 Å². The summed E-state index contributed by atoms with van der Waals surface area (Å²) >= 11 is 0. The first-order valence-corrected chi connectivity index (χ1v) is 9.43. The van der Waals surface area contributed by atoms with E-state index >= 15 is 0 Å². The first kappa shape index (κ1) is 16.7. The predicted octanol–water partition coefficient (Wildman–Crippen LogP) is 3.17. The third kappa shape index (κ3) is 4.01. The fraction of sp³-hybridized carbons (Fsp3) is 1.00. The molecule has 128 valence electrons. The third-order valence-corrected chi connectivity index (χ3v) is 6.58. The SMILES string of the molecule is CC(C)N1CCC(CN2CCC3(CCN(F)CC3)CC2)CC1. The van der Waals surface area contributed by atoms with Gasteiger partial charge >= 0.3 is 0 Å². The molecule has 3 rings (SSSR count). The molecular weight excluding hydrogens is 277 g/mol. The van der Waals surface area contributed by atoms with Gasteiger partial charge in [-0.15, -0.1) is 9.60 Å². The van der Waals surface area contributed by atoms with Crippen molar-refractivity contribution in [3.8, 4) is 0 Å². The number of hydrogen-bond donors (Lipinski definition) is 0. The van der Waals surface area contributed by atoms with E-state index < -0.39 is 0 Å². The Balaban J connectivity index is 1.39. The molecule has 22 heavy (non-hydrogen) atoms. The topological polar surface area (TPSA) is 9.72 Å². The summed E-state index contributed by atoms with van der Waals surface area (Å²) in [6.07, 6.45) is 7.48. The Morgan fingerprint density at radius 1 is 0.909 bits per heavy atom. The lowest BCUT2D eigenvalue weighted by Crippen LogP contribution is -2.47. The molecule has 3 aliphatic rings. The van der Waals surface area contributed by atoms with Crippen LogP contribution in [0.1, 0.15) is 52.4 Å². The summed E-state index contributed by atoms with van der Waals surface area (Å²) in [7, 11) is 0. The number of nitrogens with zero attached hydrogens (tertiary/aromatic N) is 3. The van der Waals surface area contributed by atoms with Crippen molar-refractivity contribution < 1.29 is 4.48 Å². The second-order valence-corrected chi connectivity index (χ2v) is 8.28. The molecule has 3 heterocycles. The van der Waals surface area contributed by atoms with E-state index in [1.165, 1.54) is 58.4 Å². The van der Waals surface area contributed by atoms with Gasteiger partial charge in [0.15, 0.2) is 0 Å². The van der Waals surface area contributed by atoms with Gasteiger partial charge in [0.2, 0.25) is 0 Å². The lowest BCUT2D eigenvalue weighted by atomic mass is 9.71. The first-order valence-electron chi connectivity index (χ1n) is 9.43. The quantitative estimate of drug-likeness (QED) is 0.741. The summed E-state index contributed by atoms with van der Waals surface area (Å²) < 4.78 is 13.2. The molecule has 0 unspecified atom stereocenters. The van der Waals surface area contributed by atoms with Crippen LogP contribution in [0.15, 0.2) is 0 Å². The van der Waals surface area contributed by atoms with Crippen LogP contribution in [0.5, 0.6) is 0 Å². The fourth-order valence-corrected chi connectivity index (χ4v) is 4.68. The van der Waals surface area contributed by atoms with Crippen molar-refractivity contribution in [2.45, 2.75) is 58.4 Å². The highest BCUT2D eigenvalue weighted by Crippen LogP contribution is 2.41. The van der Waals surface area contributed by atoms with Crippen molar-refractivity contribution in [1.82, 2.24) is 14.9 Å². The van der Waals surface area contributed by atoms with Gasteiger partial charge in [-0.05, 0) is 89.9 Å². The molecule has 0 aliphatic carbocycles. The molecule has 0 radical (unpaired) electrons. The maximum absolute atomic E-state index is 13.2. The number of hydrogen-bond acceptors (Lipinski definition) is 3. The normalized spacial score (nSPS) is 29.5. The van der Waals surface area contributed by atoms with Gasteiger partial charge in [0, 0.05) is 25.7 Å². The van der Waals surface area contributed by atoms with Gasteiger partial charge < -0.3 is 9.80 Å². The zero-order chi connectivity index (χ0) is 15.6. The van der Waals surface area contributed by atoms with Crippen LogP contribution in [0.4, 0.5) is 4.48 Å². The maximum atomic E-state index is 13.2. The van der Waals surface area contributed by atoms with Crippen LogP contribution in [-0.4, -0.2) is 66.8 Å². The summed E-state index contributed by atoms with van der Waals surface area (Å²) in [6.45, 7) is 12.3. The maximum Gasteiger partial charge on any atom is 0.0295 e. The van der Waals surface area contributed by atoms with Crippen molar-refractivity contribution >= 4 is 0 Å². The molecule has 3 nitrogen and oxygen atoms in total. The van der Waals surface area contributed by atoms with Crippen LogP contribution >= 0.6 is 0 Å². The molecular formula is C18H34FN3. The Bertz CT molecular complexity index is 334. The van der Waals surface area contributed by atoms with Crippen molar-refractivity contribution in [3.05, 3.63) is 0 Å². The summed E-state index contributed by atoms with van der Waals surface area (Å²) in [5.74, 6) is 0.900. The van der Waals surface area contributed by atoms with Gasteiger partial charge in [0.1, 0.15) is 0 Å². The molecule has 0 N–H and O–H groups in total. The zero-order valence-corrected chi connectivity index (χ0v) is 14.6. The molecule has 0 saturated carbocycles. The van der Waals surface area contributed by atoms with Crippen molar-refractivity contribution in [2.75, 3.05) is 45.8 Å². The predicted molar refractivity (Wildman–Crippen MR) is 89.5 cm³/mol. The minimum atomic E-state index is 0.472. The van der Waals surface area contributed by atoms with Crippen LogP contribution in [-0.2, 0) is 0 Å². The highest BCUT2D eigenvalue weighted by molar-refractivity contribution is 4.90. The number of halogens is 1.